The lowest BCUT2D eigenvalue weighted by molar-refractivity contribution is -0.148. The van der Waals surface area contributed by atoms with E-state index in [-0.39, 0.29) is 112 Å². The fraction of sp³-hybridized carbons (Fsp3) is 0.163. The molecule has 526 valence electrons. The van der Waals surface area contributed by atoms with E-state index >= 15 is 0 Å². The van der Waals surface area contributed by atoms with Gasteiger partial charge in [-0.15, -0.1) is 0 Å². The van der Waals surface area contributed by atoms with Crippen LogP contribution in [0.25, 0.3) is 22.3 Å². The monoisotopic (exact) mass is 1390 g/mol. The summed E-state index contributed by atoms with van der Waals surface area (Å²) >= 11 is 0. The molecule has 0 unspecified atom stereocenters. The summed E-state index contributed by atoms with van der Waals surface area (Å²) < 4.78 is 48.2. The minimum Gasteiger partial charge on any atom is -0.507 e. The van der Waals surface area contributed by atoms with Gasteiger partial charge in [0.25, 0.3) is 0 Å². The number of hydrogen-bond acceptors (Lipinski definition) is 15. The van der Waals surface area contributed by atoms with Crippen molar-refractivity contribution in [3.05, 3.63) is 352 Å². The van der Waals surface area contributed by atoms with Gasteiger partial charge >= 0.3 is 36.2 Å². The summed E-state index contributed by atoms with van der Waals surface area (Å²) in [6, 6.07) is 82.8. The highest BCUT2D eigenvalue weighted by Crippen LogP contribution is 2.46. The molecule has 3 atom stereocenters. The number of phenolic OH excluding ortho intramolecular Hbond substituents is 1. The molecule has 0 aliphatic heterocycles. The Morgan fingerprint density at radius 2 is 0.471 bits per heavy atom. The Kier molecular flexibility index (Phi) is 26.0. The molecular formula is C86H77N3O15. The maximum absolute atomic E-state index is 14.8. The largest absolute Gasteiger partial charge is 0.507 e. The van der Waals surface area contributed by atoms with Gasteiger partial charge in [0.15, 0.2) is 0 Å². The van der Waals surface area contributed by atoms with E-state index in [1.807, 2.05) is 194 Å². The summed E-state index contributed by atoms with van der Waals surface area (Å²) in [6.45, 7) is -0.549. The third-order valence-corrected chi connectivity index (χ3v) is 16.7. The van der Waals surface area contributed by atoms with Crippen molar-refractivity contribution in [3.8, 4) is 39.5 Å². The summed E-state index contributed by atoms with van der Waals surface area (Å²) in [4.78, 5) is 85.2. The van der Waals surface area contributed by atoms with Crippen molar-refractivity contribution in [2.24, 2.45) is 0 Å². The Labute approximate surface area is 603 Å². The number of nitrogens with one attached hydrogen (secondary N) is 3. The van der Waals surface area contributed by atoms with Crippen molar-refractivity contribution in [1.82, 2.24) is 16.0 Å². The van der Waals surface area contributed by atoms with Gasteiger partial charge in [0.05, 0.1) is 0 Å². The van der Waals surface area contributed by atoms with E-state index < -0.39 is 54.3 Å². The zero-order valence-corrected chi connectivity index (χ0v) is 56.9. The average molecular weight is 1390 g/mol. The molecule has 0 aromatic heterocycles. The van der Waals surface area contributed by atoms with Crippen LogP contribution in [0.2, 0.25) is 0 Å². The second-order valence-corrected chi connectivity index (χ2v) is 24.4. The molecule has 0 heterocycles. The molecule has 0 aliphatic carbocycles. The first kappa shape index (κ1) is 72.3. The number of esters is 3. The van der Waals surface area contributed by atoms with E-state index in [1.54, 1.807) is 97.1 Å². The van der Waals surface area contributed by atoms with Gasteiger partial charge < -0.3 is 59.0 Å². The molecule has 104 heavy (non-hydrogen) atoms. The number of rotatable bonds is 32. The van der Waals surface area contributed by atoms with Crippen LogP contribution in [0.1, 0.15) is 61.2 Å². The fourth-order valence-corrected chi connectivity index (χ4v) is 11.3. The number of carbonyl (C=O) groups is 6. The Hall–Kier alpha value is -13.0. The van der Waals surface area contributed by atoms with Gasteiger partial charge in [-0.2, -0.15) is 0 Å². The Bertz CT molecular complexity index is 4370. The maximum atomic E-state index is 14.8. The van der Waals surface area contributed by atoms with Crippen LogP contribution >= 0.6 is 0 Å². The van der Waals surface area contributed by atoms with Crippen LogP contribution in [0.15, 0.2) is 291 Å². The van der Waals surface area contributed by atoms with Gasteiger partial charge in [-0.3, -0.25) is 0 Å². The van der Waals surface area contributed by atoms with Gasteiger partial charge in [-0.1, -0.05) is 255 Å². The minimum atomic E-state index is -1.43. The van der Waals surface area contributed by atoms with Crippen molar-refractivity contribution < 1.29 is 71.8 Å². The van der Waals surface area contributed by atoms with E-state index in [9.17, 15) is 33.9 Å². The maximum Gasteiger partial charge on any atom is 0.408 e. The molecule has 11 rings (SSSR count). The minimum absolute atomic E-state index is 0.0520. The molecule has 0 fully saturated rings. The number of hydrogen-bond donors (Lipinski definition) is 4. The first-order valence-corrected chi connectivity index (χ1v) is 33.9. The van der Waals surface area contributed by atoms with Crippen molar-refractivity contribution in [3.63, 3.8) is 0 Å². The van der Waals surface area contributed by atoms with Gasteiger partial charge in [0, 0.05) is 41.5 Å². The molecule has 11 aromatic carbocycles. The second-order valence-electron chi connectivity index (χ2n) is 24.4. The Morgan fingerprint density at radius 1 is 0.250 bits per heavy atom. The summed E-state index contributed by atoms with van der Waals surface area (Å²) in [5.74, 6) is -2.17. The van der Waals surface area contributed by atoms with Gasteiger partial charge in [-0.25, -0.2) is 28.8 Å². The van der Waals surface area contributed by atoms with E-state index in [0.717, 1.165) is 22.3 Å². The molecule has 0 radical (unpaired) electrons. The van der Waals surface area contributed by atoms with Crippen LogP contribution < -0.4 is 25.4 Å². The number of amides is 3. The molecule has 4 N–H and O–H groups in total. The number of aromatic hydroxyl groups is 1. The van der Waals surface area contributed by atoms with Crippen molar-refractivity contribution >= 4 is 36.2 Å². The van der Waals surface area contributed by atoms with Gasteiger partial charge in [-0.05, 0) is 97.6 Å². The van der Waals surface area contributed by atoms with Crippen LogP contribution in [0.3, 0.4) is 0 Å². The molecule has 18 heteroatoms. The highest BCUT2D eigenvalue weighted by molar-refractivity contribution is 5.89. The van der Waals surface area contributed by atoms with Crippen molar-refractivity contribution in [2.75, 3.05) is 0 Å². The third-order valence-electron chi connectivity index (χ3n) is 16.7. The quantitative estimate of drug-likeness (QED) is 0.0227. The Morgan fingerprint density at radius 3 is 0.731 bits per heavy atom. The average Bonchev–Trinajstić information content (AvgIpc) is 0.766. The lowest BCUT2D eigenvalue weighted by Gasteiger charge is -2.23. The number of benzene rings is 11. The highest BCUT2D eigenvalue weighted by atomic mass is 16.6. The molecule has 0 saturated carbocycles. The third kappa shape index (κ3) is 22.0. The fourth-order valence-electron chi connectivity index (χ4n) is 11.3. The van der Waals surface area contributed by atoms with Crippen LogP contribution in [0, 0.1) is 0 Å². The predicted molar refractivity (Wildman–Crippen MR) is 391 cm³/mol. The summed E-state index contributed by atoms with van der Waals surface area (Å²) in [5, 5.41) is 21.8. The summed E-state index contributed by atoms with van der Waals surface area (Å²) in [7, 11) is 0. The molecule has 0 saturated heterocycles. The van der Waals surface area contributed by atoms with Gasteiger partial charge in [0.2, 0.25) is 0 Å². The molecule has 0 bridgehead atoms. The first-order chi connectivity index (χ1) is 50.9. The van der Waals surface area contributed by atoms with Crippen LogP contribution in [0.4, 0.5) is 14.4 Å². The molecule has 3 amide bonds. The normalized spacial score (nSPS) is 11.7. The predicted octanol–water partition coefficient (Wildman–Crippen LogP) is 15.6. The SMILES string of the molecule is O=C(N[C@@H](Cc1ccc(OCc2ccccc2)c(-c2cc(C[C@H](NC(=O)OCc3ccccc3)C(=O)OCc3ccccc3)cc(-c3cc(C[C@H](NC(=O)OCc4ccccc4)C(=O)OCc4ccccc4)ccc3OCc3ccccc3)c2O)c1)C(=O)OCc1ccccc1)OCc1ccccc1. The van der Waals surface area contributed by atoms with Crippen LogP contribution in [0.5, 0.6) is 17.2 Å². The topological polar surface area (TPSA) is 233 Å². The van der Waals surface area contributed by atoms with Gasteiger partial charge in [0.1, 0.15) is 88.2 Å². The van der Waals surface area contributed by atoms with E-state index in [4.69, 9.17) is 37.9 Å². The first-order valence-electron chi connectivity index (χ1n) is 33.9. The molecular weight excluding hydrogens is 1310 g/mol. The lowest BCUT2D eigenvalue weighted by atomic mass is 9.89. The van der Waals surface area contributed by atoms with Crippen molar-refractivity contribution in [2.45, 2.75) is 90.2 Å². The number of phenols is 1. The zero-order valence-electron chi connectivity index (χ0n) is 56.9. The molecule has 18 nitrogen and oxygen atoms in total. The molecule has 11 aromatic rings. The lowest BCUT2D eigenvalue weighted by Crippen LogP contribution is -2.43. The smallest absolute Gasteiger partial charge is 0.408 e. The number of ether oxygens (including phenoxy) is 8. The van der Waals surface area contributed by atoms with E-state index in [2.05, 4.69) is 16.0 Å². The number of alkyl carbamates (subject to hydrolysis) is 3. The summed E-state index contributed by atoms with van der Waals surface area (Å²) in [6.07, 6.45) is -3.30. The van der Waals surface area contributed by atoms with Crippen molar-refractivity contribution in [1.29, 1.82) is 0 Å². The van der Waals surface area contributed by atoms with Crippen LogP contribution in [-0.4, -0.2) is 59.4 Å². The van der Waals surface area contributed by atoms with E-state index in [1.165, 1.54) is 0 Å². The van der Waals surface area contributed by atoms with Crippen LogP contribution in [-0.2, 0) is 115 Å². The Balaban J connectivity index is 1.04. The standard InChI is InChI=1S/C86H77N3O15/c90-80-73(71-45-68(41-43-78(71)97-52-60-25-9-1-10-26-60)49-75(81(91)99-54-62-29-13-3-14-30-62)87-84(94)102-57-65-35-19-6-20-36-65)47-70(51-77(83(93)101-56-64-33-17-5-18-34-64)89-86(96)104-59-67-39-23-8-24-40-67)48-74(80)72-46-69(42-44-79(72)98-53-61-27-11-2-12-28-61)50-76(82(92)100-55-63-31-15-4-16-32-63)88-85(95)103-58-66-37-21-7-22-38-66/h1-48,75-77,90H,49-59H2,(H,87,94)(H,88,95)(H,89,96)/t75-,76-,77-/m0/s1. The highest BCUT2D eigenvalue weighted by Gasteiger charge is 2.30. The van der Waals surface area contributed by atoms with E-state index in [0.29, 0.717) is 38.9 Å². The zero-order chi connectivity index (χ0) is 72.1. The summed E-state index contributed by atoms with van der Waals surface area (Å²) in [5.41, 5.74) is 7.95. The molecule has 0 aliphatic rings. The second kappa shape index (κ2) is 37.5. The number of carbonyl (C=O) groups excluding carboxylic acids is 6. The molecule has 0 spiro atoms.